The summed E-state index contributed by atoms with van der Waals surface area (Å²) in [4.78, 5) is 10.7. The standard InChI is InChI=1S/C33H32N2OS/c1-19-11-12-25-24-9-8-10-26(30(24)36-31(25)35-19)27-17-29-21(18-34-27)15-28(37-29)20-13-22(32(2,3)4)16-23(14-20)33(5,6)7/h8-18H,1-7H3. The van der Waals surface area contributed by atoms with Crippen LogP contribution in [-0.4, -0.2) is 9.97 Å². The fourth-order valence-electron chi connectivity index (χ4n) is 4.83. The molecule has 0 fully saturated rings. The first kappa shape index (κ1) is 23.9. The second-order valence-corrected chi connectivity index (χ2v) is 13.2. The summed E-state index contributed by atoms with van der Waals surface area (Å²) in [5, 5.41) is 3.27. The molecule has 0 bridgehead atoms. The maximum absolute atomic E-state index is 6.25. The molecule has 6 aromatic rings. The quantitative estimate of drug-likeness (QED) is 0.235. The summed E-state index contributed by atoms with van der Waals surface area (Å²) < 4.78 is 7.47. The number of thiophene rings is 1. The molecule has 3 nitrogen and oxygen atoms in total. The lowest BCUT2D eigenvalue weighted by Gasteiger charge is -2.26. The zero-order chi connectivity index (χ0) is 26.1. The van der Waals surface area contributed by atoms with Crippen molar-refractivity contribution >= 4 is 43.5 Å². The lowest BCUT2D eigenvalue weighted by atomic mass is 9.79. The summed E-state index contributed by atoms with van der Waals surface area (Å²) in [6.45, 7) is 15.7. The molecule has 37 heavy (non-hydrogen) atoms. The molecule has 0 radical (unpaired) electrons. The number of furan rings is 1. The predicted molar refractivity (Wildman–Crippen MR) is 158 cm³/mol. The lowest BCUT2D eigenvalue weighted by Crippen LogP contribution is -2.16. The van der Waals surface area contributed by atoms with Crippen LogP contribution in [0.1, 0.15) is 58.4 Å². The minimum Gasteiger partial charge on any atom is -0.437 e. The molecule has 0 aliphatic heterocycles. The molecule has 186 valence electrons. The third kappa shape index (κ3) is 4.23. The van der Waals surface area contributed by atoms with E-state index in [1.54, 1.807) is 0 Å². The Kier molecular flexibility index (Phi) is 5.33. The molecule has 0 spiro atoms. The third-order valence-electron chi connectivity index (χ3n) is 7.13. The zero-order valence-corrected chi connectivity index (χ0v) is 23.4. The number of pyridine rings is 2. The summed E-state index contributed by atoms with van der Waals surface area (Å²) in [5.41, 5.74) is 8.56. The summed E-state index contributed by atoms with van der Waals surface area (Å²) in [7, 11) is 0. The number of fused-ring (bicyclic) bond motifs is 4. The minimum absolute atomic E-state index is 0.0834. The van der Waals surface area contributed by atoms with E-state index in [0.717, 1.165) is 38.7 Å². The van der Waals surface area contributed by atoms with Gasteiger partial charge in [-0.05, 0) is 76.9 Å². The highest BCUT2D eigenvalue weighted by Crippen LogP contribution is 2.40. The Morgan fingerprint density at radius 2 is 1.51 bits per heavy atom. The number of hydrogen-bond acceptors (Lipinski definition) is 4. The van der Waals surface area contributed by atoms with Gasteiger partial charge in [0.1, 0.15) is 5.58 Å². The Balaban J connectivity index is 1.49. The molecular weight excluding hydrogens is 472 g/mol. The molecule has 0 amide bonds. The Hall–Kier alpha value is -3.50. The van der Waals surface area contributed by atoms with Crippen molar-refractivity contribution in [3.8, 4) is 21.7 Å². The largest absolute Gasteiger partial charge is 0.437 e. The fourth-order valence-corrected chi connectivity index (χ4v) is 5.89. The second kappa shape index (κ2) is 8.26. The van der Waals surface area contributed by atoms with Crippen LogP contribution >= 0.6 is 11.3 Å². The van der Waals surface area contributed by atoms with Gasteiger partial charge in [0.25, 0.3) is 0 Å². The average molecular weight is 505 g/mol. The molecule has 0 unspecified atom stereocenters. The third-order valence-corrected chi connectivity index (χ3v) is 8.28. The van der Waals surface area contributed by atoms with Crippen LogP contribution in [0.4, 0.5) is 0 Å². The maximum atomic E-state index is 6.25. The summed E-state index contributed by atoms with van der Waals surface area (Å²) in [6.07, 6.45) is 1.99. The molecule has 0 N–H and O–H groups in total. The van der Waals surface area contributed by atoms with E-state index in [2.05, 4.69) is 101 Å². The highest BCUT2D eigenvalue weighted by atomic mass is 32.1. The van der Waals surface area contributed by atoms with E-state index in [-0.39, 0.29) is 10.8 Å². The lowest BCUT2D eigenvalue weighted by molar-refractivity contribution is 0.569. The van der Waals surface area contributed by atoms with Crippen LogP contribution in [-0.2, 0) is 10.8 Å². The molecule has 4 heteroatoms. The van der Waals surface area contributed by atoms with Gasteiger partial charge in [-0.3, -0.25) is 4.98 Å². The number of hydrogen-bond donors (Lipinski definition) is 0. The van der Waals surface area contributed by atoms with Gasteiger partial charge in [0.15, 0.2) is 0 Å². The second-order valence-electron chi connectivity index (χ2n) is 12.1. The van der Waals surface area contributed by atoms with Crippen molar-refractivity contribution in [1.82, 2.24) is 9.97 Å². The van der Waals surface area contributed by atoms with E-state index in [0.29, 0.717) is 5.71 Å². The van der Waals surface area contributed by atoms with Crippen LogP contribution in [0.5, 0.6) is 0 Å². The minimum atomic E-state index is 0.0834. The van der Waals surface area contributed by atoms with E-state index in [1.807, 2.05) is 30.5 Å². The molecule has 0 aliphatic carbocycles. The van der Waals surface area contributed by atoms with E-state index in [9.17, 15) is 0 Å². The summed E-state index contributed by atoms with van der Waals surface area (Å²) >= 11 is 1.83. The van der Waals surface area contributed by atoms with Crippen LogP contribution in [0.15, 0.2) is 71.3 Å². The monoisotopic (exact) mass is 504 g/mol. The topological polar surface area (TPSA) is 38.9 Å². The highest BCUT2D eigenvalue weighted by Gasteiger charge is 2.22. The molecule has 4 heterocycles. The van der Waals surface area contributed by atoms with Gasteiger partial charge in [-0.2, -0.15) is 0 Å². The van der Waals surface area contributed by atoms with Crippen molar-refractivity contribution in [3.63, 3.8) is 0 Å². The van der Waals surface area contributed by atoms with Gasteiger partial charge in [-0.1, -0.05) is 59.7 Å². The normalized spacial score (nSPS) is 12.7. The van der Waals surface area contributed by atoms with Crippen molar-refractivity contribution in [2.75, 3.05) is 0 Å². The number of aryl methyl sites for hydroxylation is 1. The van der Waals surface area contributed by atoms with Crippen LogP contribution in [0.2, 0.25) is 0 Å². The van der Waals surface area contributed by atoms with Gasteiger partial charge in [0.2, 0.25) is 5.71 Å². The van der Waals surface area contributed by atoms with Crippen LogP contribution in [0.3, 0.4) is 0 Å². The van der Waals surface area contributed by atoms with Crippen LogP contribution in [0.25, 0.3) is 53.9 Å². The predicted octanol–water partition coefficient (Wildman–Crippen LogP) is 9.83. The van der Waals surface area contributed by atoms with Crippen LogP contribution < -0.4 is 0 Å². The Morgan fingerprint density at radius 3 is 2.22 bits per heavy atom. The van der Waals surface area contributed by atoms with Crippen molar-refractivity contribution in [2.24, 2.45) is 0 Å². The van der Waals surface area contributed by atoms with Gasteiger partial charge >= 0.3 is 0 Å². The molecule has 6 rings (SSSR count). The molecule has 0 saturated carbocycles. The first-order chi connectivity index (χ1) is 17.5. The SMILES string of the molecule is Cc1ccc2c(n1)oc1c(-c3cc4sc(-c5cc(C(C)(C)C)cc(C(C)(C)C)c5)cc4cn3)cccc12. The van der Waals surface area contributed by atoms with E-state index < -0.39 is 0 Å². The fraction of sp³-hybridized carbons (Fsp3) is 0.273. The zero-order valence-electron chi connectivity index (χ0n) is 22.6. The Bertz CT molecular complexity index is 1780. The Morgan fingerprint density at radius 1 is 0.784 bits per heavy atom. The smallest absolute Gasteiger partial charge is 0.227 e. The average Bonchev–Trinajstić information content (AvgIpc) is 3.43. The van der Waals surface area contributed by atoms with E-state index in [1.165, 1.54) is 26.3 Å². The number of para-hydroxylation sites is 1. The molecule has 0 atom stereocenters. The van der Waals surface area contributed by atoms with Gasteiger partial charge in [0.05, 0.1) is 5.69 Å². The van der Waals surface area contributed by atoms with Gasteiger partial charge < -0.3 is 4.42 Å². The highest BCUT2D eigenvalue weighted by molar-refractivity contribution is 7.22. The molecule has 0 saturated heterocycles. The summed E-state index contributed by atoms with van der Waals surface area (Å²) in [5.74, 6) is 0. The number of aromatic nitrogens is 2. The van der Waals surface area contributed by atoms with Crippen molar-refractivity contribution < 1.29 is 4.42 Å². The first-order valence-electron chi connectivity index (χ1n) is 12.8. The number of benzene rings is 2. The van der Waals surface area contributed by atoms with Gasteiger partial charge in [0, 0.05) is 43.2 Å². The van der Waals surface area contributed by atoms with E-state index in [4.69, 9.17) is 9.40 Å². The molecule has 4 aromatic heterocycles. The van der Waals surface area contributed by atoms with Crippen molar-refractivity contribution in [3.05, 3.63) is 83.7 Å². The molecule has 0 aliphatic rings. The molecular formula is C33H32N2OS. The number of nitrogens with zero attached hydrogens (tertiary/aromatic N) is 2. The maximum Gasteiger partial charge on any atom is 0.227 e. The van der Waals surface area contributed by atoms with Crippen molar-refractivity contribution in [2.45, 2.75) is 59.3 Å². The van der Waals surface area contributed by atoms with Crippen LogP contribution in [0, 0.1) is 6.92 Å². The van der Waals surface area contributed by atoms with Crippen molar-refractivity contribution in [1.29, 1.82) is 0 Å². The van der Waals surface area contributed by atoms with Gasteiger partial charge in [-0.25, -0.2) is 4.98 Å². The summed E-state index contributed by atoms with van der Waals surface area (Å²) in [6, 6.07) is 21.9. The van der Waals surface area contributed by atoms with Gasteiger partial charge in [-0.15, -0.1) is 11.3 Å². The Labute approximate surface area is 222 Å². The first-order valence-corrected chi connectivity index (χ1v) is 13.6. The molecule has 2 aromatic carbocycles. The number of rotatable bonds is 2. The van der Waals surface area contributed by atoms with E-state index >= 15 is 0 Å².